The van der Waals surface area contributed by atoms with Gasteiger partial charge in [0.05, 0.1) is 5.92 Å². The first-order chi connectivity index (χ1) is 16.0. The minimum Gasteiger partial charge on any atom is -0.352 e. The van der Waals surface area contributed by atoms with E-state index in [2.05, 4.69) is 10.6 Å². The fourth-order valence-corrected chi connectivity index (χ4v) is 3.76. The predicted octanol–water partition coefficient (Wildman–Crippen LogP) is 3.79. The van der Waals surface area contributed by atoms with Crippen molar-refractivity contribution >= 4 is 29.1 Å². The molecule has 3 aromatic rings. The molecular weight excluding hydrogens is 421 g/mol. The Labute approximate surface area is 191 Å². The van der Waals surface area contributed by atoms with Crippen molar-refractivity contribution in [1.82, 2.24) is 5.32 Å². The van der Waals surface area contributed by atoms with Crippen LogP contribution < -0.4 is 15.5 Å². The van der Waals surface area contributed by atoms with Gasteiger partial charge in [-0.1, -0.05) is 30.3 Å². The van der Waals surface area contributed by atoms with E-state index in [4.69, 9.17) is 0 Å². The number of rotatable bonds is 7. The molecule has 1 aliphatic rings. The van der Waals surface area contributed by atoms with E-state index in [0.29, 0.717) is 30.8 Å². The van der Waals surface area contributed by atoms with Gasteiger partial charge in [-0.05, 0) is 60.5 Å². The van der Waals surface area contributed by atoms with Gasteiger partial charge in [-0.15, -0.1) is 0 Å². The maximum Gasteiger partial charge on any atom is 0.251 e. The van der Waals surface area contributed by atoms with Gasteiger partial charge < -0.3 is 15.5 Å². The number of nitrogens with one attached hydrogen (secondary N) is 2. The normalized spacial score (nSPS) is 15.4. The molecule has 1 saturated heterocycles. The van der Waals surface area contributed by atoms with Crippen molar-refractivity contribution in [2.24, 2.45) is 5.92 Å². The number of halogens is 1. The quantitative estimate of drug-likeness (QED) is 0.581. The highest BCUT2D eigenvalue weighted by Crippen LogP contribution is 2.25. The molecule has 3 amide bonds. The molecule has 4 rings (SSSR count). The fraction of sp³-hybridized carbons (Fsp3) is 0.192. The molecule has 0 aromatic heterocycles. The largest absolute Gasteiger partial charge is 0.352 e. The lowest BCUT2D eigenvalue weighted by atomic mass is 10.1. The Kier molecular flexibility index (Phi) is 6.78. The average Bonchev–Trinajstić information content (AvgIpc) is 3.23. The molecule has 6 nitrogen and oxygen atoms in total. The molecule has 2 N–H and O–H groups in total. The summed E-state index contributed by atoms with van der Waals surface area (Å²) in [5.41, 5.74) is 2.76. The number of anilines is 2. The maximum absolute atomic E-state index is 12.9. The van der Waals surface area contributed by atoms with Gasteiger partial charge in [-0.25, -0.2) is 4.39 Å². The number of carbonyl (C=O) groups is 3. The zero-order chi connectivity index (χ0) is 23.2. The summed E-state index contributed by atoms with van der Waals surface area (Å²) in [6.07, 6.45) is 0.759. The van der Waals surface area contributed by atoms with Crippen molar-refractivity contribution in [3.63, 3.8) is 0 Å². The van der Waals surface area contributed by atoms with Gasteiger partial charge in [-0.3, -0.25) is 14.4 Å². The molecule has 1 heterocycles. The van der Waals surface area contributed by atoms with Gasteiger partial charge in [0.15, 0.2) is 0 Å². The lowest BCUT2D eigenvalue weighted by Crippen LogP contribution is -2.28. The Hall–Kier alpha value is -4.00. The van der Waals surface area contributed by atoms with Gasteiger partial charge in [0.25, 0.3) is 5.91 Å². The van der Waals surface area contributed by atoms with Crippen LogP contribution in [0.15, 0.2) is 78.9 Å². The van der Waals surface area contributed by atoms with Crippen molar-refractivity contribution in [2.75, 3.05) is 23.3 Å². The monoisotopic (exact) mass is 445 g/mol. The summed E-state index contributed by atoms with van der Waals surface area (Å²) >= 11 is 0. The smallest absolute Gasteiger partial charge is 0.251 e. The third kappa shape index (κ3) is 5.63. The zero-order valence-corrected chi connectivity index (χ0v) is 18.0. The van der Waals surface area contributed by atoms with Crippen LogP contribution in [-0.4, -0.2) is 30.8 Å². The molecule has 168 valence electrons. The number of para-hydroxylation sites is 1. The third-order valence-electron chi connectivity index (χ3n) is 5.59. The highest BCUT2D eigenvalue weighted by molar-refractivity contribution is 6.03. The number of nitrogens with zero attached hydrogens (tertiary/aromatic N) is 1. The first-order valence-electron chi connectivity index (χ1n) is 10.8. The van der Waals surface area contributed by atoms with E-state index < -0.39 is 5.92 Å². The predicted molar refractivity (Wildman–Crippen MR) is 124 cm³/mol. The van der Waals surface area contributed by atoms with Crippen LogP contribution in [0.5, 0.6) is 0 Å². The molecule has 3 aromatic carbocycles. The maximum atomic E-state index is 12.9. The van der Waals surface area contributed by atoms with Gasteiger partial charge in [-0.2, -0.15) is 0 Å². The summed E-state index contributed by atoms with van der Waals surface area (Å²) in [4.78, 5) is 39.0. The van der Waals surface area contributed by atoms with E-state index in [0.717, 1.165) is 11.3 Å². The Bertz CT molecular complexity index is 1130. The van der Waals surface area contributed by atoms with Crippen molar-refractivity contribution in [3.05, 3.63) is 95.8 Å². The SMILES string of the molecule is O=C(NCCc1ccc(F)cc1)c1ccc(NC(=O)C2CC(=O)N(c3ccccc3)C2)cc1. The number of amides is 3. The van der Waals surface area contributed by atoms with Crippen LogP contribution in [0.2, 0.25) is 0 Å². The Morgan fingerprint density at radius 3 is 2.33 bits per heavy atom. The molecule has 0 saturated carbocycles. The van der Waals surface area contributed by atoms with Gasteiger partial charge >= 0.3 is 0 Å². The molecular formula is C26H24FN3O3. The van der Waals surface area contributed by atoms with E-state index in [1.807, 2.05) is 30.3 Å². The summed E-state index contributed by atoms with van der Waals surface area (Å²) < 4.78 is 12.9. The van der Waals surface area contributed by atoms with Crippen LogP contribution in [0.4, 0.5) is 15.8 Å². The molecule has 0 spiro atoms. The van der Waals surface area contributed by atoms with E-state index in [-0.39, 0.29) is 30.0 Å². The molecule has 1 atom stereocenters. The minimum atomic E-state index is -0.438. The standard InChI is InChI=1S/C26H24FN3O3/c27-21-10-6-18(7-11-21)14-15-28-25(32)19-8-12-22(13-9-19)29-26(33)20-16-24(31)30(17-20)23-4-2-1-3-5-23/h1-13,20H,14-17H2,(H,28,32)(H,29,33). The van der Waals surface area contributed by atoms with Crippen molar-refractivity contribution in [2.45, 2.75) is 12.8 Å². The topological polar surface area (TPSA) is 78.5 Å². The lowest BCUT2D eigenvalue weighted by Gasteiger charge is -2.16. The van der Waals surface area contributed by atoms with Gasteiger partial charge in [0, 0.05) is 36.4 Å². The van der Waals surface area contributed by atoms with Crippen LogP contribution in [0, 0.1) is 11.7 Å². The van der Waals surface area contributed by atoms with E-state index in [1.54, 1.807) is 41.3 Å². The molecule has 0 aliphatic carbocycles. The molecule has 1 aliphatic heterocycles. The molecule has 0 radical (unpaired) electrons. The van der Waals surface area contributed by atoms with Gasteiger partial charge in [0.1, 0.15) is 5.82 Å². The van der Waals surface area contributed by atoms with Crippen LogP contribution >= 0.6 is 0 Å². The summed E-state index contributed by atoms with van der Waals surface area (Å²) in [6, 6.07) is 22.1. The van der Waals surface area contributed by atoms with E-state index >= 15 is 0 Å². The number of benzene rings is 3. The van der Waals surface area contributed by atoms with Crippen molar-refractivity contribution in [3.8, 4) is 0 Å². The van der Waals surface area contributed by atoms with Crippen LogP contribution in [-0.2, 0) is 16.0 Å². The van der Waals surface area contributed by atoms with Crippen LogP contribution in [0.3, 0.4) is 0 Å². The number of hydrogen-bond acceptors (Lipinski definition) is 3. The summed E-state index contributed by atoms with van der Waals surface area (Å²) in [7, 11) is 0. The third-order valence-corrected chi connectivity index (χ3v) is 5.59. The Balaban J connectivity index is 1.27. The van der Waals surface area contributed by atoms with Crippen molar-refractivity contribution in [1.29, 1.82) is 0 Å². The van der Waals surface area contributed by atoms with Crippen LogP contribution in [0.1, 0.15) is 22.3 Å². The zero-order valence-electron chi connectivity index (χ0n) is 18.0. The molecule has 33 heavy (non-hydrogen) atoms. The summed E-state index contributed by atoms with van der Waals surface area (Å²) in [5, 5.41) is 5.66. The summed E-state index contributed by atoms with van der Waals surface area (Å²) in [5.74, 6) is -1.25. The molecule has 7 heteroatoms. The number of hydrogen-bond donors (Lipinski definition) is 2. The first kappa shape index (κ1) is 22.2. The lowest BCUT2D eigenvalue weighted by molar-refractivity contribution is -0.122. The summed E-state index contributed by atoms with van der Waals surface area (Å²) in [6.45, 7) is 0.764. The van der Waals surface area contributed by atoms with E-state index in [9.17, 15) is 18.8 Å². The fourth-order valence-electron chi connectivity index (χ4n) is 3.76. The second-order valence-electron chi connectivity index (χ2n) is 7.94. The Morgan fingerprint density at radius 1 is 0.939 bits per heavy atom. The van der Waals surface area contributed by atoms with Gasteiger partial charge in [0.2, 0.25) is 11.8 Å². The highest BCUT2D eigenvalue weighted by atomic mass is 19.1. The van der Waals surface area contributed by atoms with E-state index in [1.165, 1.54) is 12.1 Å². The average molecular weight is 445 g/mol. The minimum absolute atomic E-state index is 0.0750. The molecule has 1 unspecified atom stereocenters. The molecule has 1 fully saturated rings. The second-order valence-corrected chi connectivity index (χ2v) is 7.94. The second kappa shape index (κ2) is 10.1. The number of carbonyl (C=O) groups excluding carboxylic acids is 3. The highest BCUT2D eigenvalue weighted by Gasteiger charge is 2.35. The molecule has 0 bridgehead atoms. The van der Waals surface area contributed by atoms with Crippen LogP contribution in [0.25, 0.3) is 0 Å². The Morgan fingerprint density at radius 2 is 1.64 bits per heavy atom. The van der Waals surface area contributed by atoms with Crippen molar-refractivity contribution < 1.29 is 18.8 Å². The first-order valence-corrected chi connectivity index (χ1v) is 10.8.